The van der Waals surface area contributed by atoms with Crippen LogP contribution in [0.15, 0.2) is 54.1 Å². The van der Waals surface area contributed by atoms with Gasteiger partial charge < -0.3 is 10.0 Å². The van der Waals surface area contributed by atoms with Crippen LogP contribution in [-0.4, -0.2) is 28.0 Å². The minimum absolute atomic E-state index is 0.0779. The lowest BCUT2D eigenvalue weighted by atomic mass is 9.89. The van der Waals surface area contributed by atoms with Crippen molar-refractivity contribution in [3.63, 3.8) is 0 Å². The smallest absolute Gasteiger partial charge is 0.255 e. The molecule has 1 N–H and O–H groups in total. The molecule has 5 heteroatoms. The molecule has 0 bridgehead atoms. The molecule has 0 saturated carbocycles. The molecule has 1 unspecified atom stereocenters. The molecule has 0 saturated heterocycles. The van der Waals surface area contributed by atoms with Crippen LogP contribution in [0.25, 0.3) is 5.57 Å². The van der Waals surface area contributed by atoms with Crippen LogP contribution >= 0.6 is 23.2 Å². The van der Waals surface area contributed by atoms with Gasteiger partial charge in [0.05, 0.1) is 5.54 Å². The van der Waals surface area contributed by atoms with E-state index in [1.54, 1.807) is 23.1 Å². The first kappa shape index (κ1) is 19.0. The number of hydrogen-bond donors (Lipinski definition) is 1. The molecule has 3 nitrogen and oxygen atoms in total. The number of nitrogens with zero attached hydrogens (tertiary/aromatic N) is 1. The maximum atomic E-state index is 13.1. The normalized spacial score (nSPS) is 16.4. The summed E-state index contributed by atoms with van der Waals surface area (Å²) in [4.78, 5) is 14.8. The predicted octanol–water partition coefficient (Wildman–Crippen LogP) is 5.12. The number of aliphatic hydroxyl groups excluding tert-OH is 1. The molecule has 1 heterocycles. The first-order chi connectivity index (χ1) is 12.2. The van der Waals surface area contributed by atoms with E-state index in [1.165, 1.54) is 0 Å². The van der Waals surface area contributed by atoms with Crippen LogP contribution in [0.1, 0.15) is 38.0 Å². The molecule has 1 amide bonds. The highest BCUT2D eigenvalue weighted by Gasteiger charge is 2.43. The third kappa shape index (κ3) is 3.39. The Morgan fingerprint density at radius 3 is 2.23 bits per heavy atom. The third-order valence-electron chi connectivity index (χ3n) is 4.91. The van der Waals surface area contributed by atoms with E-state index in [9.17, 15) is 9.90 Å². The second-order valence-corrected chi connectivity index (χ2v) is 8.04. The fourth-order valence-corrected chi connectivity index (χ4v) is 3.98. The summed E-state index contributed by atoms with van der Waals surface area (Å²) in [7, 11) is 0. The van der Waals surface area contributed by atoms with Crippen molar-refractivity contribution in [1.29, 1.82) is 0 Å². The van der Waals surface area contributed by atoms with Crippen LogP contribution in [0.4, 0.5) is 0 Å². The van der Waals surface area contributed by atoms with Gasteiger partial charge in [-0.2, -0.15) is 0 Å². The van der Waals surface area contributed by atoms with E-state index in [2.05, 4.69) is 0 Å². The highest BCUT2D eigenvalue weighted by Crippen LogP contribution is 2.39. The average molecular weight is 390 g/mol. The Kier molecular flexibility index (Phi) is 5.16. The molecule has 1 aliphatic heterocycles. The number of aliphatic hydroxyl groups is 1. The summed E-state index contributed by atoms with van der Waals surface area (Å²) in [5, 5.41) is 11.9. The minimum Gasteiger partial charge on any atom is -0.386 e. The Bertz CT molecular complexity index is 855. The summed E-state index contributed by atoms with van der Waals surface area (Å²) in [6, 6.07) is 14.6. The molecular formula is C21H21Cl2NO2. The van der Waals surface area contributed by atoms with Gasteiger partial charge in [-0.25, -0.2) is 0 Å². The number of amides is 1. The Morgan fingerprint density at radius 2 is 1.65 bits per heavy atom. The molecule has 2 aromatic rings. The first-order valence-corrected chi connectivity index (χ1v) is 9.18. The summed E-state index contributed by atoms with van der Waals surface area (Å²) in [5.74, 6) is -0.0779. The zero-order valence-electron chi connectivity index (χ0n) is 15.0. The number of carbonyl (C=O) groups is 1. The van der Waals surface area contributed by atoms with E-state index in [4.69, 9.17) is 23.2 Å². The van der Waals surface area contributed by atoms with E-state index in [0.717, 1.165) is 11.1 Å². The Balaban J connectivity index is 1.92. The molecule has 26 heavy (non-hydrogen) atoms. The lowest BCUT2D eigenvalue weighted by Gasteiger charge is -2.40. The zero-order chi connectivity index (χ0) is 19.1. The van der Waals surface area contributed by atoms with Crippen LogP contribution in [0.5, 0.6) is 0 Å². The molecule has 1 aliphatic rings. The summed E-state index contributed by atoms with van der Waals surface area (Å²) >= 11 is 12.1. The van der Waals surface area contributed by atoms with Crippen LogP contribution in [0.3, 0.4) is 0 Å². The van der Waals surface area contributed by atoms with Gasteiger partial charge in [-0.15, -0.1) is 0 Å². The molecule has 0 fully saturated rings. The van der Waals surface area contributed by atoms with Crippen molar-refractivity contribution in [3.8, 4) is 0 Å². The fourth-order valence-electron chi connectivity index (χ4n) is 3.43. The average Bonchev–Trinajstić information content (AvgIpc) is 2.89. The van der Waals surface area contributed by atoms with E-state index < -0.39 is 11.6 Å². The number of hydrogen-bond acceptors (Lipinski definition) is 2. The van der Waals surface area contributed by atoms with Gasteiger partial charge in [-0.3, -0.25) is 4.79 Å². The van der Waals surface area contributed by atoms with E-state index >= 15 is 0 Å². The summed E-state index contributed by atoms with van der Waals surface area (Å²) in [6.07, 6.45) is -0.925. The maximum Gasteiger partial charge on any atom is 0.255 e. The van der Waals surface area contributed by atoms with Gasteiger partial charge in [0.25, 0.3) is 5.91 Å². The van der Waals surface area contributed by atoms with Gasteiger partial charge in [0.2, 0.25) is 0 Å². The maximum absolute atomic E-state index is 13.1. The minimum atomic E-state index is -0.925. The van der Waals surface area contributed by atoms with Gasteiger partial charge in [0.1, 0.15) is 6.10 Å². The van der Waals surface area contributed by atoms with Crippen LogP contribution in [0, 0.1) is 0 Å². The standard InChI is InChI=1S/C21H21Cl2NO2/c1-13-12-24(20(26)18(13)14-7-5-4-6-8-14)21(2,3)19(25)15-9-16(22)11-17(23)10-15/h4-11,19,25H,12H2,1-3H3. The summed E-state index contributed by atoms with van der Waals surface area (Å²) < 4.78 is 0. The van der Waals surface area contributed by atoms with Crippen molar-refractivity contribution in [2.45, 2.75) is 32.4 Å². The molecule has 136 valence electrons. The summed E-state index contributed by atoms with van der Waals surface area (Å²) in [6.45, 7) is 6.14. The van der Waals surface area contributed by atoms with Crippen molar-refractivity contribution in [2.24, 2.45) is 0 Å². The van der Waals surface area contributed by atoms with Crippen molar-refractivity contribution < 1.29 is 9.90 Å². The fraction of sp³-hybridized carbons (Fsp3) is 0.286. The lowest BCUT2D eigenvalue weighted by molar-refractivity contribution is -0.133. The van der Waals surface area contributed by atoms with Gasteiger partial charge in [0, 0.05) is 22.2 Å². The highest BCUT2D eigenvalue weighted by molar-refractivity contribution is 6.34. The van der Waals surface area contributed by atoms with Crippen molar-refractivity contribution in [3.05, 3.63) is 75.3 Å². The van der Waals surface area contributed by atoms with Gasteiger partial charge in [-0.05, 0) is 55.7 Å². The Hall–Kier alpha value is -1.81. The molecule has 0 aliphatic carbocycles. The van der Waals surface area contributed by atoms with E-state index in [1.807, 2.05) is 51.1 Å². The topological polar surface area (TPSA) is 40.5 Å². The lowest BCUT2D eigenvalue weighted by Crippen LogP contribution is -2.50. The van der Waals surface area contributed by atoms with Crippen molar-refractivity contribution in [2.75, 3.05) is 6.54 Å². The quantitative estimate of drug-likeness (QED) is 0.787. The van der Waals surface area contributed by atoms with Gasteiger partial charge >= 0.3 is 0 Å². The first-order valence-electron chi connectivity index (χ1n) is 8.43. The molecule has 0 radical (unpaired) electrons. The third-order valence-corrected chi connectivity index (χ3v) is 5.35. The number of rotatable bonds is 4. The zero-order valence-corrected chi connectivity index (χ0v) is 16.5. The molecule has 3 rings (SSSR count). The largest absolute Gasteiger partial charge is 0.386 e. The Labute approximate surface area is 163 Å². The monoisotopic (exact) mass is 389 g/mol. The molecule has 0 spiro atoms. The molecule has 0 aromatic heterocycles. The van der Waals surface area contributed by atoms with E-state index in [-0.39, 0.29) is 5.91 Å². The number of halogens is 2. The second kappa shape index (κ2) is 7.07. The second-order valence-electron chi connectivity index (χ2n) is 7.17. The molecular weight excluding hydrogens is 369 g/mol. The van der Waals surface area contributed by atoms with Crippen molar-refractivity contribution >= 4 is 34.7 Å². The molecule has 2 aromatic carbocycles. The SMILES string of the molecule is CC1=C(c2ccccc2)C(=O)N(C(C)(C)C(O)c2cc(Cl)cc(Cl)c2)C1. The summed E-state index contributed by atoms with van der Waals surface area (Å²) in [5.41, 5.74) is 2.35. The molecule has 1 atom stereocenters. The van der Waals surface area contributed by atoms with Gasteiger partial charge in [-0.1, -0.05) is 53.5 Å². The Morgan fingerprint density at radius 1 is 1.08 bits per heavy atom. The van der Waals surface area contributed by atoms with Crippen molar-refractivity contribution in [1.82, 2.24) is 4.90 Å². The van der Waals surface area contributed by atoms with Crippen LogP contribution < -0.4 is 0 Å². The highest BCUT2D eigenvalue weighted by atomic mass is 35.5. The predicted molar refractivity (Wildman–Crippen MR) is 106 cm³/mol. The van der Waals surface area contributed by atoms with Gasteiger partial charge in [0.15, 0.2) is 0 Å². The van der Waals surface area contributed by atoms with Crippen LogP contribution in [0.2, 0.25) is 10.0 Å². The number of benzene rings is 2. The number of carbonyl (C=O) groups excluding carboxylic acids is 1. The van der Waals surface area contributed by atoms with E-state index in [0.29, 0.717) is 27.7 Å². The van der Waals surface area contributed by atoms with Crippen LogP contribution in [-0.2, 0) is 4.79 Å².